The van der Waals surface area contributed by atoms with E-state index in [9.17, 15) is 14.4 Å². The van der Waals surface area contributed by atoms with E-state index >= 15 is 0 Å². The third kappa shape index (κ3) is 65.3. The monoisotopic (exact) mass is 1100 g/mol. The number of hydrogen-bond donors (Lipinski definition) is 0. The number of hydrogen-bond acceptors (Lipinski definition) is 6. The zero-order chi connectivity index (χ0) is 57.1. The Bertz CT molecular complexity index is 1500. The quantitative estimate of drug-likeness (QED) is 0.0261. The molecule has 0 saturated heterocycles. The first-order chi connectivity index (χ1) is 39.0. The van der Waals surface area contributed by atoms with Gasteiger partial charge in [0.15, 0.2) is 6.10 Å². The number of allylic oxidation sites excluding steroid dienone is 14. The number of esters is 3. The Morgan fingerprint density at radius 3 is 0.772 bits per heavy atom. The second kappa shape index (κ2) is 67.1. The smallest absolute Gasteiger partial charge is 0.306 e. The molecule has 456 valence electrons. The molecule has 0 rings (SSSR count). The Morgan fingerprint density at radius 2 is 0.494 bits per heavy atom. The van der Waals surface area contributed by atoms with Gasteiger partial charge < -0.3 is 14.2 Å². The first kappa shape index (κ1) is 75.6. The van der Waals surface area contributed by atoms with Gasteiger partial charge in [0.2, 0.25) is 0 Å². The molecule has 0 bridgehead atoms. The van der Waals surface area contributed by atoms with Crippen molar-refractivity contribution in [2.24, 2.45) is 0 Å². The SMILES string of the molecule is CC/C=C\C/C=C\C/C=C\C/C=C\C/C=C\C/C=C\C/C=C\CCCCCCCC(=O)OCC(COC(=O)CCCCCCCCCCCCCCCCC)OC(=O)CCCCCCCCCCCCCCCCCCCCC. The molecule has 0 saturated carbocycles. The first-order valence-corrected chi connectivity index (χ1v) is 34.1. The summed E-state index contributed by atoms with van der Waals surface area (Å²) in [5.74, 6) is -0.877. The highest BCUT2D eigenvalue weighted by Gasteiger charge is 2.19. The van der Waals surface area contributed by atoms with Crippen LogP contribution in [0.1, 0.15) is 342 Å². The number of carbonyl (C=O) groups is 3. The van der Waals surface area contributed by atoms with E-state index in [2.05, 4.69) is 106 Å². The summed E-state index contributed by atoms with van der Waals surface area (Å²) in [5.41, 5.74) is 0. The van der Waals surface area contributed by atoms with Crippen molar-refractivity contribution in [2.75, 3.05) is 13.2 Å². The summed E-state index contributed by atoms with van der Waals surface area (Å²) in [4.78, 5) is 38.4. The van der Waals surface area contributed by atoms with Gasteiger partial charge >= 0.3 is 17.9 Å². The van der Waals surface area contributed by atoms with Crippen molar-refractivity contribution in [1.82, 2.24) is 0 Å². The maximum absolute atomic E-state index is 12.9. The van der Waals surface area contributed by atoms with E-state index in [1.165, 1.54) is 180 Å². The van der Waals surface area contributed by atoms with E-state index in [4.69, 9.17) is 14.2 Å². The molecule has 0 amide bonds. The molecular formula is C73H128O6. The fourth-order valence-corrected chi connectivity index (χ4v) is 9.84. The van der Waals surface area contributed by atoms with Gasteiger partial charge in [-0.3, -0.25) is 14.4 Å². The van der Waals surface area contributed by atoms with Crippen LogP contribution >= 0.6 is 0 Å². The van der Waals surface area contributed by atoms with Crippen molar-refractivity contribution in [3.8, 4) is 0 Å². The molecule has 79 heavy (non-hydrogen) atoms. The predicted octanol–water partition coefficient (Wildman–Crippen LogP) is 23.4. The molecule has 0 heterocycles. The van der Waals surface area contributed by atoms with Crippen LogP contribution in [0.15, 0.2) is 85.1 Å². The van der Waals surface area contributed by atoms with Gasteiger partial charge in [-0.15, -0.1) is 0 Å². The lowest BCUT2D eigenvalue weighted by molar-refractivity contribution is -0.167. The van der Waals surface area contributed by atoms with E-state index in [1.54, 1.807) is 0 Å². The molecule has 0 aromatic heterocycles. The zero-order valence-electron chi connectivity index (χ0n) is 52.4. The van der Waals surface area contributed by atoms with Crippen LogP contribution in [0.2, 0.25) is 0 Å². The standard InChI is InChI=1S/C73H128O6/c1-4-7-10-13-16-19-22-25-28-30-32-33-34-35-36-37-38-39-41-42-45-48-51-54-57-60-63-66-72(75)78-69-70(68-77-71(74)65-62-59-56-53-50-47-44-27-24-21-18-15-12-9-6-3)79-73(76)67-64-61-58-55-52-49-46-43-40-31-29-26-23-20-17-14-11-8-5-2/h7,10,16,19,25,28,32-33,35-36,38-39,42,45,70H,4-6,8-9,11-15,17-18,20-24,26-27,29-31,34,37,40-41,43-44,46-69H2,1-3H3/b10-7-,19-16-,28-25-,33-32-,36-35-,39-38-,45-42-. The lowest BCUT2D eigenvalue weighted by Crippen LogP contribution is -2.30. The van der Waals surface area contributed by atoms with Crippen LogP contribution in [0, 0.1) is 0 Å². The van der Waals surface area contributed by atoms with Gasteiger partial charge in [0.25, 0.3) is 0 Å². The number of unbranched alkanes of at least 4 members (excludes halogenated alkanes) is 37. The fraction of sp³-hybridized carbons (Fsp3) is 0.767. The number of rotatable bonds is 62. The number of carbonyl (C=O) groups excluding carboxylic acids is 3. The van der Waals surface area contributed by atoms with Crippen LogP contribution in [0.5, 0.6) is 0 Å². The van der Waals surface area contributed by atoms with E-state index in [1.807, 2.05) is 0 Å². The topological polar surface area (TPSA) is 78.9 Å². The minimum absolute atomic E-state index is 0.0778. The molecule has 0 radical (unpaired) electrons. The highest BCUT2D eigenvalue weighted by atomic mass is 16.6. The molecule has 0 aliphatic carbocycles. The van der Waals surface area contributed by atoms with Crippen LogP contribution in [0.25, 0.3) is 0 Å². The minimum atomic E-state index is -0.783. The summed E-state index contributed by atoms with van der Waals surface area (Å²) in [7, 11) is 0. The molecule has 0 aromatic rings. The lowest BCUT2D eigenvalue weighted by atomic mass is 10.0. The average molecular weight is 1100 g/mol. The highest BCUT2D eigenvalue weighted by molar-refractivity contribution is 5.71. The second-order valence-corrected chi connectivity index (χ2v) is 22.7. The van der Waals surface area contributed by atoms with Gasteiger partial charge in [-0.2, -0.15) is 0 Å². The summed E-state index contributed by atoms with van der Waals surface area (Å²) in [6, 6.07) is 0. The van der Waals surface area contributed by atoms with E-state index in [0.717, 1.165) is 122 Å². The molecule has 1 atom stereocenters. The van der Waals surface area contributed by atoms with Gasteiger partial charge in [0, 0.05) is 19.3 Å². The molecule has 0 fully saturated rings. The summed E-state index contributed by atoms with van der Waals surface area (Å²) in [6.45, 7) is 6.56. The van der Waals surface area contributed by atoms with Crippen molar-refractivity contribution in [1.29, 1.82) is 0 Å². The Hall–Kier alpha value is -3.41. The van der Waals surface area contributed by atoms with Crippen LogP contribution < -0.4 is 0 Å². The first-order valence-electron chi connectivity index (χ1n) is 34.1. The van der Waals surface area contributed by atoms with E-state index in [0.29, 0.717) is 19.3 Å². The largest absolute Gasteiger partial charge is 0.462 e. The summed E-state index contributed by atoms with van der Waals surface area (Å²) < 4.78 is 17.0. The molecule has 1 unspecified atom stereocenters. The van der Waals surface area contributed by atoms with Crippen LogP contribution in [0.3, 0.4) is 0 Å². The molecule has 0 aliphatic rings. The van der Waals surface area contributed by atoms with Gasteiger partial charge in [0.1, 0.15) is 13.2 Å². The van der Waals surface area contributed by atoms with Crippen molar-refractivity contribution in [2.45, 2.75) is 348 Å². The normalized spacial score (nSPS) is 12.6. The van der Waals surface area contributed by atoms with Crippen molar-refractivity contribution in [3.63, 3.8) is 0 Å². The maximum atomic E-state index is 12.9. The fourth-order valence-electron chi connectivity index (χ4n) is 9.84. The molecule has 0 N–H and O–H groups in total. The zero-order valence-corrected chi connectivity index (χ0v) is 52.4. The average Bonchev–Trinajstić information content (AvgIpc) is 3.45. The van der Waals surface area contributed by atoms with Gasteiger partial charge in [-0.25, -0.2) is 0 Å². The summed E-state index contributed by atoms with van der Waals surface area (Å²) >= 11 is 0. The van der Waals surface area contributed by atoms with Gasteiger partial charge in [-0.05, 0) is 77.0 Å². The minimum Gasteiger partial charge on any atom is -0.462 e. The van der Waals surface area contributed by atoms with Crippen molar-refractivity contribution < 1.29 is 28.6 Å². The molecular weight excluding hydrogens is 973 g/mol. The molecule has 0 spiro atoms. The lowest BCUT2D eigenvalue weighted by Gasteiger charge is -2.18. The van der Waals surface area contributed by atoms with Crippen LogP contribution in [-0.2, 0) is 28.6 Å². The van der Waals surface area contributed by atoms with Gasteiger partial charge in [0.05, 0.1) is 0 Å². The number of ether oxygens (including phenoxy) is 3. The third-order valence-corrected chi connectivity index (χ3v) is 14.9. The Morgan fingerprint density at radius 1 is 0.266 bits per heavy atom. The molecule has 6 heteroatoms. The summed E-state index contributed by atoms with van der Waals surface area (Å²) in [5, 5.41) is 0. The van der Waals surface area contributed by atoms with Crippen molar-refractivity contribution in [3.05, 3.63) is 85.1 Å². The Labute approximate surface area is 490 Å². The Balaban J connectivity index is 4.36. The second-order valence-electron chi connectivity index (χ2n) is 22.7. The predicted molar refractivity (Wildman–Crippen MR) is 344 cm³/mol. The van der Waals surface area contributed by atoms with Crippen LogP contribution in [-0.4, -0.2) is 37.2 Å². The highest BCUT2D eigenvalue weighted by Crippen LogP contribution is 2.18. The maximum Gasteiger partial charge on any atom is 0.306 e. The van der Waals surface area contributed by atoms with Crippen LogP contribution in [0.4, 0.5) is 0 Å². The van der Waals surface area contributed by atoms with E-state index in [-0.39, 0.29) is 31.1 Å². The molecule has 0 aliphatic heterocycles. The Kier molecular flexibility index (Phi) is 64.2. The molecule has 0 aromatic carbocycles. The summed E-state index contributed by atoms with van der Waals surface area (Å²) in [6.07, 6.45) is 88.8. The third-order valence-electron chi connectivity index (χ3n) is 14.9. The van der Waals surface area contributed by atoms with E-state index < -0.39 is 6.10 Å². The van der Waals surface area contributed by atoms with Crippen molar-refractivity contribution >= 4 is 17.9 Å². The molecule has 6 nitrogen and oxygen atoms in total. The van der Waals surface area contributed by atoms with Gasteiger partial charge in [-0.1, -0.05) is 331 Å².